The van der Waals surface area contributed by atoms with E-state index in [-0.39, 0.29) is 0 Å². The Morgan fingerprint density at radius 2 is 1.81 bits per heavy atom. The third kappa shape index (κ3) is 0.893. The monoisotopic (exact) mass is 214 g/mol. The topological polar surface area (TPSA) is 0 Å². The average Bonchev–Trinajstić information content (AvgIpc) is 3.03. The second-order valence-electron chi connectivity index (χ2n) is 6.55. The normalized spacial score (nSPS) is 60.6. The van der Waals surface area contributed by atoms with Crippen LogP contribution in [0.5, 0.6) is 0 Å². The van der Waals surface area contributed by atoms with Crippen LogP contribution in [0.15, 0.2) is 24.8 Å². The second kappa shape index (κ2) is 3.03. The number of allylic oxidation sites excluding steroid dienone is 3. The summed E-state index contributed by atoms with van der Waals surface area (Å²) in [5, 5.41) is 0. The van der Waals surface area contributed by atoms with E-state index in [4.69, 9.17) is 0 Å². The van der Waals surface area contributed by atoms with E-state index in [1.54, 1.807) is 0 Å². The summed E-state index contributed by atoms with van der Waals surface area (Å²) in [4.78, 5) is 0. The molecule has 4 bridgehead atoms. The van der Waals surface area contributed by atoms with Gasteiger partial charge in [-0.1, -0.05) is 31.6 Å². The maximum Gasteiger partial charge on any atom is -0.0174 e. The summed E-state index contributed by atoms with van der Waals surface area (Å²) < 4.78 is 0. The van der Waals surface area contributed by atoms with Gasteiger partial charge in [-0.2, -0.15) is 0 Å². The zero-order chi connectivity index (χ0) is 10.9. The Kier molecular flexibility index (Phi) is 1.80. The van der Waals surface area contributed by atoms with Crippen LogP contribution < -0.4 is 0 Å². The Bertz CT molecular complexity index is 353. The van der Waals surface area contributed by atoms with Gasteiger partial charge in [0.2, 0.25) is 0 Å². The molecule has 0 heterocycles. The summed E-state index contributed by atoms with van der Waals surface area (Å²) in [7, 11) is 0. The first kappa shape index (κ1) is 9.50. The van der Waals surface area contributed by atoms with E-state index in [0.717, 1.165) is 47.3 Å². The lowest BCUT2D eigenvalue weighted by atomic mass is 9.64. The smallest absolute Gasteiger partial charge is 0.0174 e. The molecule has 0 heteroatoms. The lowest BCUT2D eigenvalue weighted by Crippen LogP contribution is -2.36. The van der Waals surface area contributed by atoms with Gasteiger partial charge in [0.25, 0.3) is 0 Å². The zero-order valence-corrected chi connectivity index (χ0v) is 10.2. The van der Waals surface area contributed by atoms with Gasteiger partial charge in [-0.05, 0) is 60.2 Å². The largest absolute Gasteiger partial charge is 0.103 e. The molecule has 16 heavy (non-hydrogen) atoms. The summed E-state index contributed by atoms with van der Waals surface area (Å²) in [5.74, 6) is 7.89. The van der Waals surface area contributed by atoms with Crippen molar-refractivity contribution in [3.8, 4) is 0 Å². The molecular formula is C16H22. The Hall–Kier alpha value is -0.520. The minimum Gasteiger partial charge on any atom is -0.103 e. The fourth-order valence-electron chi connectivity index (χ4n) is 6.13. The molecule has 0 amide bonds. The minimum atomic E-state index is 0.851. The van der Waals surface area contributed by atoms with Crippen molar-refractivity contribution >= 4 is 0 Å². The van der Waals surface area contributed by atoms with Crippen molar-refractivity contribution in [3.05, 3.63) is 24.8 Å². The molecule has 0 nitrogen and oxygen atoms in total. The molecule has 8 atom stereocenters. The Balaban J connectivity index is 1.73. The highest BCUT2D eigenvalue weighted by Crippen LogP contribution is 2.69. The lowest BCUT2D eigenvalue weighted by Gasteiger charge is -2.40. The van der Waals surface area contributed by atoms with Crippen molar-refractivity contribution in [3.63, 3.8) is 0 Å². The van der Waals surface area contributed by atoms with Crippen LogP contribution in [0, 0.1) is 47.3 Å². The average molecular weight is 214 g/mol. The third-order valence-corrected chi connectivity index (χ3v) is 6.40. The zero-order valence-electron chi connectivity index (χ0n) is 10.2. The molecule has 0 aromatic rings. The Morgan fingerprint density at radius 1 is 1.12 bits per heavy atom. The molecule has 86 valence electrons. The predicted molar refractivity (Wildman–Crippen MR) is 66.8 cm³/mol. The van der Waals surface area contributed by atoms with E-state index in [2.05, 4.69) is 31.7 Å². The molecule has 4 rings (SSSR count). The summed E-state index contributed by atoms with van der Waals surface area (Å²) in [6.45, 7) is 6.51. The fourth-order valence-corrected chi connectivity index (χ4v) is 6.13. The molecule has 4 aliphatic rings. The van der Waals surface area contributed by atoms with Crippen LogP contribution in [0.4, 0.5) is 0 Å². The summed E-state index contributed by atoms with van der Waals surface area (Å²) in [6, 6.07) is 0. The van der Waals surface area contributed by atoms with Crippen molar-refractivity contribution in [2.24, 2.45) is 47.3 Å². The molecule has 0 aromatic carbocycles. The molecule has 8 unspecified atom stereocenters. The van der Waals surface area contributed by atoms with Crippen molar-refractivity contribution in [2.45, 2.75) is 26.2 Å². The van der Waals surface area contributed by atoms with Crippen LogP contribution in [-0.2, 0) is 0 Å². The van der Waals surface area contributed by atoms with Crippen LogP contribution in [0.3, 0.4) is 0 Å². The van der Waals surface area contributed by atoms with Gasteiger partial charge in [0.05, 0.1) is 0 Å². The van der Waals surface area contributed by atoms with Crippen LogP contribution in [-0.4, -0.2) is 0 Å². The van der Waals surface area contributed by atoms with Gasteiger partial charge in [0.1, 0.15) is 0 Å². The fraction of sp³-hybridized carbons (Fsp3) is 0.750. The van der Waals surface area contributed by atoms with Crippen molar-refractivity contribution in [2.75, 3.05) is 0 Å². The van der Waals surface area contributed by atoms with Crippen molar-refractivity contribution in [1.29, 1.82) is 0 Å². The van der Waals surface area contributed by atoms with Crippen molar-refractivity contribution in [1.82, 2.24) is 0 Å². The molecule has 0 aliphatic heterocycles. The molecule has 0 spiro atoms. The number of fused-ring (bicyclic) bond motifs is 9. The summed E-state index contributed by atoms with van der Waals surface area (Å²) in [6.07, 6.45) is 11.8. The number of hydrogen-bond acceptors (Lipinski definition) is 0. The molecule has 0 aromatic heterocycles. The van der Waals surface area contributed by atoms with E-state index in [9.17, 15) is 0 Å². The quantitative estimate of drug-likeness (QED) is 0.483. The van der Waals surface area contributed by atoms with Gasteiger partial charge in [-0.3, -0.25) is 0 Å². The molecule has 0 N–H and O–H groups in total. The first-order valence-electron chi connectivity index (χ1n) is 7.16. The SMILES string of the molecule is C=CC1C(CC)C2CC1C1C3C=CC(C3)C21. The van der Waals surface area contributed by atoms with E-state index in [1.807, 2.05) is 0 Å². The summed E-state index contributed by atoms with van der Waals surface area (Å²) in [5.41, 5.74) is 0. The molecule has 3 saturated carbocycles. The Morgan fingerprint density at radius 3 is 2.44 bits per heavy atom. The number of rotatable bonds is 2. The van der Waals surface area contributed by atoms with Crippen LogP contribution in [0.1, 0.15) is 26.2 Å². The van der Waals surface area contributed by atoms with Crippen LogP contribution >= 0.6 is 0 Å². The first-order valence-corrected chi connectivity index (χ1v) is 7.16. The van der Waals surface area contributed by atoms with Crippen LogP contribution in [0.2, 0.25) is 0 Å². The highest BCUT2D eigenvalue weighted by atomic mass is 14.7. The predicted octanol–water partition coefficient (Wildman–Crippen LogP) is 3.90. The lowest BCUT2D eigenvalue weighted by molar-refractivity contribution is 0.110. The van der Waals surface area contributed by atoms with Gasteiger partial charge in [-0.25, -0.2) is 0 Å². The van der Waals surface area contributed by atoms with Gasteiger partial charge in [0, 0.05) is 0 Å². The van der Waals surface area contributed by atoms with Crippen molar-refractivity contribution < 1.29 is 0 Å². The highest BCUT2D eigenvalue weighted by molar-refractivity contribution is 5.23. The second-order valence-corrected chi connectivity index (χ2v) is 6.55. The van der Waals surface area contributed by atoms with Gasteiger partial charge < -0.3 is 0 Å². The van der Waals surface area contributed by atoms with Crippen LogP contribution in [0.25, 0.3) is 0 Å². The van der Waals surface area contributed by atoms with E-state index in [1.165, 1.54) is 19.3 Å². The molecule has 4 aliphatic carbocycles. The van der Waals surface area contributed by atoms with Gasteiger partial charge in [0.15, 0.2) is 0 Å². The van der Waals surface area contributed by atoms with E-state index >= 15 is 0 Å². The van der Waals surface area contributed by atoms with Gasteiger partial charge >= 0.3 is 0 Å². The molecule has 0 radical (unpaired) electrons. The highest BCUT2D eigenvalue weighted by Gasteiger charge is 2.63. The minimum absolute atomic E-state index is 0.851. The summed E-state index contributed by atoms with van der Waals surface area (Å²) >= 11 is 0. The first-order chi connectivity index (χ1) is 7.85. The van der Waals surface area contributed by atoms with Gasteiger partial charge in [-0.15, -0.1) is 6.58 Å². The standard InChI is InChI=1S/C16H22/c1-3-11-12(4-2)14-8-13(11)15-9-5-6-10(7-9)16(14)15/h3,5-6,9-16H,1,4,7-8H2,2H3. The molecular weight excluding hydrogens is 192 g/mol. The Labute approximate surface area is 98.8 Å². The maximum atomic E-state index is 4.12. The maximum absolute atomic E-state index is 4.12. The molecule has 0 saturated heterocycles. The van der Waals surface area contributed by atoms with E-state index < -0.39 is 0 Å². The third-order valence-electron chi connectivity index (χ3n) is 6.40. The van der Waals surface area contributed by atoms with E-state index in [0.29, 0.717) is 0 Å². The number of hydrogen-bond donors (Lipinski definition) is 0. The molecule has 3 fully saturated rings.